The first-order valence-electron chi connectivity index (χ1n) is 11.3. The van der Waals surface area contributed by atoms with Crippen molar-refractivity contribution in [1.29, 1.82) is 0 Å². The van der Waals surface area contributed by atoms with Crippen LogP contribution in [0.4, 0.5) is 30.8 Å². The predicted molar refractivity (Wildman–Crippen MR) is 136 cm³/mol. The molecule has 5 rings (SSSR count). The molecule has 8 nitrogen and oxygen atoms in total. The van der Waals surface area contributed by atoms with Crippen LogP contribution in [0.25, 0.3) is 11.0 Å². The summed E-state index contributed by atoms with van der Waals surface area (Å²) < 4.78 is 33.4. The molecule has 2 heterocycles. The van der Waals surface area contributed by atoms with E-state index < -0.39 is 23.4 Å². The van der Waals surface area contributed by atoms with Gasteiger partial charge in [0.15, 0.2) is 5.78 Å². The van der Waals surface area contributed by atoms with Crippen LogP contribution < -0.4 is 15.5 Å². The second kappa shape index (κ2) is 10.5. The van der Waals surface area contributed by atoms with Crippen LogP contribution in [0.5, 0.6) is 0 Å². The molecule has 0 aliphatic carbocycles. The fraction of sp³-hybridized carbons (Fsp3) is 0.154. The molecular weight excluding hydrogens is 504 g/mol. The Morgan fingerprint density at radius 3 is 2.46 bits per heavy atom. The third kappa shape index (κ3) is 5.65. The van der Waals surface area contributed by atoms with Crippen LogP contribution in [-0.2, 0) is 4.74 Å². The Bertz CT molecular complexity index is 1510. The molecule has 1 fully saturated rings. The monoisotopic (exact) mass is 523 g/mol. The number of ether oxygens (including phenoxy) is 1. The summed E-state index contributed by atoms with van der Waals surface area (Å²) in [5.74, 6) is -1.18. The van der Waals surface area contributed by atoms with Crippen molar-refractivity contribution in [2.75, 3.05) is 41.8 Å². The number of aromatic nitrogens is 2. The molecule has 1 aliphatic heterocycles. The first kappa shape index (κ1) is 24.5. The minimum atomic E-state index is -0.748. The van der Waals surface area contributed by atoms with Crippen LogP contribution in [0.2, 0.25) is 5.02 Å². The number of hydrogen-bond donors (Lipinski definition) is 2. The topological polar surface area (TPSA) is 96.5 Å². The summed E-state index contributed by atoms with van der Waals surface area (Å²) >= 11 is 5.65. The summed E-state index contributed by atoms with van der Waals surface area (Å²) in [7, 11) is 0. The Kier molecular flexibility index (Phi) is 6.93. The number of rotatable bonds is 5. The number of nitrogens with zero attached hydrogens (tertiary/aromatic N) is 3. The molecule has 1 aliphatic rings. The van der Waals surface area contributed by atoms with E-state index in [9.17, 15) is 18.4 Å². The van der Waals surface area contributed by atoms with E-state index >= 15 is 0 Å². The van der Waals surface area contributed by atoms with E-state index in [1.54, 1.807) is 24.4 Å². The third-order valence-electron chi connectivity index (χ3n) is 5.72. The maximum Gasteiger partial charge on any atom is 0.323 e. The number of nitrogens with one attached hydrogen (secondary N) is 2. The van der Waals surface area contributed by atoms with Crippen molar-refractivity contribution >= 4 is 51.6 Å². The molecular formula is C26H20ClF2N5O3. The zero-order valence-corrected chi connectivity index (χ0v) is 20.1. The van der Waals surface area contributed by atoms with Crippen LogP contribution in [0.3, 0.4) is 0 Å². The predicted octanol–water partition coefficient (Wildman–Crippen LogP) is 5.27. The Morgan fingerprint density at radius 2 is 1.68 bits per heavy atom. The number of halogens is 3. The zero-order chi connectivity index (χ0) is 25.9. The second-order valence-corrected chi connectivity index (χ2v) is 8.70. The lowest BCUT2D eigenvalue weighted by Gasteiger charge is -2.27. The van der Waals surface area contributed by atoms with Crippen LogP contribution >= 0.6 is 11.6 Å². The second-order valence-electron chi connectivity index (χ2n) is 8.30. The van der Waals surface area contributed by atoms with Crippen molar-refractivity contribution in [3.05, 3.63) is 88.6 Å². The van der Waals surface area contributed by atoms with E-state index in [4.69, 9.17) is 16.3 Å². The maximum atomic E-state index is 14.4. The van der Waals surface area contributed by atoms with Crippen molar-refractivity contribution in [2.24, 2.45) is 0 Å². The molecule has 2 amide bonds. The highest BCUT2D eigenvalue weighted by atomic mass is 35.5. The summed E-state index contributed by atoms with van der Waals surface area (Å²) in [5, 5.41) is 4.79. The largest absolute Gasteiger partial charge is 0.378 e. The number of morpholine rings is 1. The normalized spacial score (nSPS) is 13.4. The van der Waals surface area contributed by atoms with Gasteiger partial charge in [-0.25, -0.2) is 18.6 Å². The lowest BCUT2D eigenvalue weighted by molar-refractivity contribution is 0.103. The fourth-order valence-electron chi connectivity index (χ4n) is 3.91. The molecule has 1 saturated heterocycles. The molecule has 0 spiro atoms. The quantitative estimate of drug-likeness (QED) is 0.346. The Labute approximate surface area is 215 Å². The van der Waals surface area contributed by atoms with Gasteiger partial charge in [-0.2, -0.15) is 0 Å². The molecule has 4 aromatic rings. The van der Waals surface area contributed by atoms with Crippen molar-refractivity contribution in [3.8, 4) is 0 Å². The molecule has 11 heteroatoms. The first-order valence-corrected chi connectivity index (χ1v) is 11.7. The van der Waals surface area contributed by atoms with Gasteiger partial charge in [-0.15, -0.1) is 0 Å². The van der Waals surface area contributed by atoms with Crippen molar-refractivity contribution in [1.82, 2.24) is 9.97 Å². The minimum Gasteiger partial charge on any atom is -0.378 e. The molecule has 0 atom stereocenters. The van der Waals surface area contributed by atoms with Crippen molar-refractivity contribution < 1.29 is 23.1 Å². The molecule has 2 N–H and O–H groups in total. The van der Waals surface area contributed by atoms with Crippen LogP contribution in [0, 0.1) is 11.6 Å². The van der Waals surface area contributed by atoms with E-state index in [0.717, 1.165) is 18.2 Å². The van der Waals surface area contributed by atoms with Crippen molar-refractivity contribution in [3.63, 3.8) is 0 Å². The van der Waals surface area contributed by atoms with E-state index in [0.29, 0.717) is 48.7 Å². The third-order valence-corrected chi connectivity index (χ3v) is 6.03. The average Bonchev–Trinajstić information content (AvgIpc) is 2.90. The number of benzene rings is 3. The van der Waals surface area contributed by atoms with Gasteiger partial charge in [0.25, 0.3) is 0 Å². The van der Waals surface area contributed by atoms with E-state index in [1.807, 2.05) is 0 Å². The lowest BCUT2D eigenvalue weighted by Crippen LogP contribution is -2.36. The molecule has 0 unspecified atom stereocenters. The van der Waals surface area contributed by atoms with Crippen LogP contribution in [0.15, 0.2) is 60.8 Å². The van der Waals surface area contributed by atoms with E-state index in [2.05, 4.69) is 25.5 Å². The SMILES string of the molecule is O=C(Nc1cc(F)cc(C(=O)c2ccc3ncc(N4CCOCC4)nc3c2)c1)Nc1ccc(Cl)c(F)c1. The molecule has 188 valence electrons. The summed E-state index contributed by atoms with van der Waals surface area (Å²) in [5.41, 5.74) is 1.67. The molecule has 1 aromatic heterocycles. The molecule has 37 heavy (non-hydrogen) atoms. The molecule has 0 saturated carbocycles. The van der Waals surface area contributed by atoms with Gasteiger partial charge in [0.1, 0.15) is 17.5 Å². The van der Waals surface area contributed by atoms with Gasteiger partial charge in [0, 0.05) is 35.6 Å². The number of urea groups is 1. The summed E-state index contributed by atoms with van der Waals surface area (Å²) in [6.07, 6.45) is 1.68. The highest BCUT2D eigenvalue weighted by molar-refractivity contribution is 6.30. The average molecular weight is 524 g/mol. The van der Waals surface area contributed by atoms with Crippen LogP contribution in [0.1, 0.15) is 15.9 Å². The lowest BCUT2D eigenvalue weighted by atomic mass is 10.0. The smallest absolute Gasteiger partial charge is 0.323 e. The molecule has 0 radical (unpaired) electrons. The Morgan fingerprint density at radius 1 is 0.892 bits per heavy atom. The Balaban J connectivity index is 1.35. The fourth-order valence-corrected chi connectivity index (χ4v) is 4.03. The van der Waals surface area contributed by atoms with Gasteiger partial charge in [-0.05, 0) is 54.6 Å². The number of ketones is 1. The standard InChI is InChI=1S/C26H20ClF2N5O3/c27-20-3-2-18(13-21(20)29)31-26(36)32-19-10-16(9-17(28)12-19)25(35)15-1-4-22-23(11-15)33-24(14-30-22)34-5-7-37-8-6-34/h1-4,9-14H,5-8H2,(H2,31,32,36). The van der Waals surface area contributed by atoms with Gasteiger partial charge >= 0.3 is 6.03 Å². The highest BCUT2D eigenvalue weighted by Gasteiger charge is 2.17. The summed E-state index contributed by atoms with van der Waals surface area (Å²) in [6, 6.07) is 11.4. The summed E-state index contributed by atoms with van der Waals surface area (Å²) in [6.45, 7) is 2.59. The zero-order valence-electron chi connectivity index (χ0n) is 19.3. The van der Waals surface area contributed by atoms with Crippen LogP contribution in [-0.4, -0.2) is 48.1 Å². The number of fused-ring (bicyclic) bond motifs is 1. The number of amides is 2. The number of carbonyl (C=O) groups excluding carboxylic acids is 2. The van der Waals surface area contributed by atoms with Gasteiger partial charge in [-0.3, -0.25) is 9.78 Å². The van der Waals surface area contributed by atoms with E-state index in [1.165, 1.54) is 18.2 Å². The first-order chi connectivity index (χ1) is 17.9. The Hall–Kier alpha value is -4.15. The van der Waals surface area contributed by atoms with E-state index in [-0.39, 0.29) is 22.0 Å². The van der Waals surface area contributed by atoms with Crippen molar-refractivity contribution in [2.45, 2.75) is 0 Å². The number of carbonyl (C=O) groups is 2. The minimum absolute atomic E-state index is 0.0319. The van der Waals surface area contributed by atoms with Gasteiger partial charge in [0.2, 0.25) is 0 Å². The van der Waals surface area contributed by atoms with Gasteiger partial charge < -0.3 is 20.3 Å². The molecule has 0 bridgehead atoms. The maximum absolute atomic E-state index is 14.4. The summed E-state index contributed by atoms with van der Waals surface area (Å²) in [4.78, 5) is 36.7. The van der Waals surface area contributed by atoms with Gasteiger partial charge in [0.05, 0.1) is 35.5 Å². The number of anilines is 3. The highest BCUT2D eigenvalue weighted by Crippen LogP contribution is 2.23. The number of hydrogen-bond acceptors (Lipinski definition) is 6. The molecule has 3 aromatic carbocycles. The van der Waals surface area contributed by atoms with Gasteiger partial charge in [-0.1, -0.05) is 11.6 Å².